The molecule has 0 aliphatic carbocycles. The van der Waals surface area contributed by atoms with Crippen LogP contribution in [0.25, 0.3) is 0 Å². The first-order valence-corrected chi connectivity index (χ1v) is 4.63. The largest absolute Gasteiger partial charge is 0.495 e. The molecular formula is C8H8BrClO2. The number of methoxy groups -OCH3 is 1. The topological polar surface area (TPSA) is 18.5 Å². The summed E-state index contributed by atoms with van der Waals surface area (Å²) in [7, 11) is 1.60. The summed E-state index contributed by atoms with van der Waals surface area (Å²) in [5.74, 6) is 1.42. The number of ether oxygens (including phenoxy) is 2. The van der Waals surface area contributed by atoms with Crippen molar-refractivity contribution in [2.75, 3.05) is 13.2 Å². The van der Waals surface area contributed by atoms with Gasteiger partial charge in [0.25, 0.3) is 0 Å². The second-order valence-electron chi connectivity index (χ2n) is 2.03. The third-order valence-corrected chi connectivity index (χ3v) is 2.25. The summed E-state index contributed by atoms with van der Waals surface area (Å²) in [4.78, 5) is 0. The highest BCUT2D eigenvalue weighted by atomic mass is 79.9. The fraction of sp³-hybridized carbons (Fsp3) is 0.250. The van der Waals surface area contributed by atoms with Gasteiger partial charge in [-0.3, -0.25) is 0 Å². The molecule has 0 aliphatic heterocycles. The number of hydrogen-bond donors (Lipinski definition) is 0. The van der Waals surface area contributed by atoms with Crippen LogP contribution in [-0.2, 0) is 0 Å². The van der Waals surface area contributed by atoms with Crippen molar-refractivity contribution in [2.45, 2.75) is 0 Å². The molecule has 4 heteroatoms. The van der Waals surface area contributed by atoms with Crippen LogP contribution in [-0.4, -0.2) is 13.2 Å². The first-order valence-electron chi connectivity index (χ1n) is 3.31. The van der Waals surface area contributed by atoms with E-state index in [0.29, 0.717) is 5.75 Å². The summed E-state index contributed by atoms with van der Waals surface area (Å²) < 4.78 is 11.0. The van der Waals surface area contributed by atoms with Crippen molar-refractivity contribution in [2.24, 2.45) is 0 Å². The van der Waals surface area contributed by atoms with E-state index in [1.54, 1.807) is 7.11 Å². The van der Waals surface area contributed by atoms with Crippen molar-refractivity contribution in [1.29, 1.82) is 0 Å². The highest BCUT2D eigenvalue weighted by Crippen LogP contribution is 2.33. The SMILES string of the molecule is COc1cccc(OCCl)c1Br. The average molecular weight is 252 g/mol. The minimum absolute atomic E-state index is 0.131. The fourth-order valence-corrected chi connectivity index (χ4v) is 1.48. The molecule has 0 heterocycles. The van der Waals surface area contributed by atoms with E-state index in [1.807, 2.05) is 18.2 Å². The summed E-state index contributed by atoms with van der Waals surface area (Å²) in [5, 5.41) is 0. The Hall–Kier alpha value is -0.410. The lowest BCUT2D eigenvalue weighted by Crippen LogP contribution is -1.92. The second kappa shape index (κ2) is 4.58. The molecule has 0 atom stereocenters. The molecule has 1 aromatic carbocycles. The molecule has 0 saturated carbocycles. The van der Waals surface area contributed by atoms with Gasteiger partial charge in [-0.1, -0.05) is 17.7 Å². The molecule has 12 heavy (non-hydrogen) atoms. The molecule has 1 aromatic rings. The zero-order valence-electron chi connectivity index (χ0n) is 6.51. The van der Waals surface area contributed by atoms with E-state index in [2.05, 4.69) is 15.9 Å². The Morgan fingerprint density at radius 2 is 2.08 bits per heavy atom. The van der Waals surface area contributed by atoms with E-state index >= 15 is 0 Å². The van der Waals surface area contributed by atoms with Crippen LogP contribution in [0.15, 0.2) is 22.7 Å². The van der Waals surface area contributed by atoms with E-state index in [1.165, 1.54) is 0 Å². The van der Waals surface area contributed by atoms with Crippen molar-refractivity contribution in [3.8, 4) is 11.5 Å². The van der Waals surface area contributed by atoms with Crippen LogP contribution in [0.4, 0.5) is 0 Å². The predicted molar refractivity (Wildman–Crippen MR) is 52.0 cm³/mol. The van der Waals surface area contributed by atoms with Gasteiger partial charge in [0.15, 0.2) is 6.07 Å². The first-order chi connectivity index (χ1) is 5.79. The Labute approximate surface area is 84.6 Å². The molecule has 0 saturated heterocycles. The number of alkyl halides is 1. The van der Waals surface area contributed by atoms with Gasteiger partial charge in [0.1, 0.15) is 16.0 Å². The van der Waals surface area contributed by atoms with Crippen LogP contribution in [0.5, 0.6) is 11.5 Å². The molecule has 0 fully saturated rings. The Balaban J connectivity index is 2.97. The van der Waals surface area contributed by atoms with Gasteiger partial charge >= 0.3 is 0 Å². The highest BCUT2D eigenvalue weighted by molar-refractivity contribution is 9.10. The number of hydrogen-bond acceptors (Lipinski definition) is 2. The molecule has 0 N–H and O–H groups in total. The third kappa shape index (κ3) is 2.05. The lowest BCUT2D eigenvalue weighted by atomic mass is 10.3. The molecule has 66 valence electrons. The van der Waals surface area contributed by atoms with Crippen molar-refractivity contribution in [3.63, 3.8) is 0 Å². The van der Waals surface area contributed by atoms with Crippen LogP contribution < -0.4 is 9.47 Å². The number of rotatable bonds is 3. The quantitative estimate of drug-likeness (QED) is 0.769. The maximum absolute atomic E-state index is 5.42. The third-order valence-electron chi connectivity index (χ3n) is 1.36. The fourth-order valence-electron chi connectivity index (χ4n) is 0.819. The Morgan fingerprint density at radius 3 is 2.67 bits per heavy atom. The predicted octanol–water partition coefficient (Wildman–Crippen LogP) is 3.03. The lowest BCUT2D eigenvalue weighted by Gasteiger charge is -2.07. The van der Waals surface area contributed by atoms with Gasteiger partial charge in [-0.05, 0) is 28.1 Å². The van der Waals surface area contributed by atoms with E-state index in [0.717, 1.165) is 10.2 Å². The zero-order valence-corrected chi connectivity index (χ0v) is 8.85. The van der Waals surface area contributed by atoms with E-state index < -0.39 is 0 Å². The Morgan fingerprint density at radius 1 is 1.42 bits per heavy atom. The summed E-state index contributed by atoms with van der Waals surface area (Å²) in [6, 6.07) is 5.62. The van der Waals surface area contributed by atoms with E-state index in [9.17, 15) is 0 Å². The van der Waals surface area contributed by atoms with Crippen molar-refractivity contribution >= 4 is 27.5 Å². The van der Waals surface area contributed by atoms with E-state index in [4.69, 9.17) is 21.1 Å². The highest BCUT2D eigenvalue weighted by Gasteiger charge is 2.05. The van der Waals surface area contributed by atoms with Crippen LogP contribution in [0, 0.1) is 0 Å². The average Bonchev–Trinajstić information content (AvgIpc) is 2.09. The minimum atomic E-state index is 0.131. The van der Waals surface area contributed by atoms with Crippen LogP contribution in [0.1, 0.15) is 0 Å². The van der Waals surface area contributed by atoms with E-state index in [-0.39, 0.29) is 6.07 Å². The summed E-state index contributed by atoms with van der Waals surface area (Å²) in [5.41, 5.74) is 0. The molecule has 0 aromatic heterocycles. The van der Waals surface area contributed by atoms with Crippen LogP contribution in [0.2, 0.25) is 0 Å². The molecular weight excluding hydrogens is 243 g/mol. The van der Waals surface area contributed by atoms with Gasteiger partial charge < -0.3 is 9.47 Å². The summed E-state index contributed by atoms with van der Waals surface area (Å²) >= 11 is 8.75. The van der Waals surface area contributed by atoms with Gasteiger partial charge in [-0.2, -0.15) is 0 Å². The van der Waals surface area contributed by atoms with Gasteiger partial charge in [0, 0.05) is 0 Å². The van der Waals surface area contributed by atoms with Gasteiger partial charge in [-0.25, -0.2) is 0 Å². The summed E-state index contributed by atoms with van der Waals surface area (Å²) in [6.07, 6.45) is 0. The molecule has 0 amide bonds. The molecule has 0 bridgehead atoms. The molecule has 0 unspecified atom stereocenters. The number of halogens is 2. The van der Waals surface area contributed by atoms with Crippen molar-refractivity contribution < 1.29 is 9.47 Å². The van der Waals surface area contributed by atoms with Crippen LogP contribution >= 0.6 is 27.5 Å². The van der Waals surface area contributed by atoms with Crippen molar-refractivity contribution in [1.82, 2.24) is 0 Å². The minimum Gasteiger partial charge on any atom is -0.495 e. The Kier molecular flexibility index (Phi) is 3.69. The molecule has 0 spiro atoms. The maximum Gasteiger partial charge on any atom is 0.162 e. The molecule has 1 rings (SSSR count). The molecule has 0 radical (unpaired) electrons. The number of benzene rings is 1. The van der Waals surface area contributed by atoms with Crippen LogP contribution in [0.3, 0.4) is 0 Å². The Bertz CT molecular complexity index is 265. The maximum atomic E-state index is 5.42. The monoisotopic (exact) mass is 250 g/mol. The molecule has 0 aliphatic rings. The van der Waals surface area contributed by atoms with Gasteiger partial charge in [-0.15, -0.1) is 0 Å². The lowest BCUT2D eigenvalue weighted by molar-refractivity contribution is 0.373. The normalized spacial score (nSPS) is 9.58. The molecule has 2 nitrogen and oxygen atoms in total. The van der Waals surface area contributed by atoms with Crippen molar-refractivity contribution in [3.05, 3.63) is 22.7 Å². The first kappa shape index (κ1) is 9.68. The van der Waals surface area contributed by atoms with Gasteiger partial charge in [0.2, 0.25) is 0 Å². The second-order valence-corrected chi connectivity index (χ2v) is 3.04. The van der Waals surface area contributed by atoms with Gasteiger partial charge in [0.05, 0.1) is 7.11 Å². The zero-order chi connectivity index (χ0) is 8.97. The smallest absolute Gasteiger partial charge is 0.162 e. The standard InChI is InChI=1S/C8H8BrClO2/c1-11-6-3-2-4-7(8(6)9)12-5-10/h2-4H,5H2,1H3. The summed E-state index contributed by atoms with van der Waals surface area (Å²) in [6.45, 7) is 0.